The minimum atomic E-state index is -0.556. The average Bonchev–Trinajstić information content (AvgIpc) is 3.03. The van der Waals surface area contributed by atoms with Gasteiger partial charge in [0, 0.05) is 36.8 Å². The van der Waals surface area contributed by atoms with Crippen LogP contribution in [-0.4, -0.2) is 26.6 Å². The summed E-state index contributed by atoms with van der Waals surface area (Å²) in [6.45, 7) is 2.78. The van der Waals surface area contributed by atoms with Gasteiger partial charge in [-0.2, -0.15) is 0 Å². The van der Waals surface area contributed by atoms with E-state index < -0.39 is 6.10 Å². The van der Waals surface area contributed by atoms with Crippen molar-refractivity contribution in [1.82, 2.24) is 14.9 Å². The zero-order valence-corrected chi connectivity index (χ0v) is 13.4. The van der Waals surface area contributed by atoms with Gasteiger partial charge in [0.25, 0.3) is 0 Å². The second-order valence-electron chi connectivity index (χ2n) is 6.34. The first-order valence-electron chi connectivity index (χ1n) is 8.16. The Morgan fingerprint density at radius 3 is 3.00 bits per heavy atom. The van der Waals surface area contributed by atoms with E-state index in [1.807, 2.05) is 49.8 Å². The minimum Gasteiger partial charge on any atom is -0.388 e. The predicted molar refractivity (Wildman–Crippen MR) is 87.7 cm³/mol. The van der Waals surface area contributed by atoms with Crippen LogP contribution < -0.4 is 5.32 Å². The topological polar surface area (TPSA) is 67.2 Å². The van der Waals surface area contributed by atoms with Crippen LogP contribution in [0.25, 0.3) is 0 Å². The Balaban J connectivity index is 1.52. The fourth-order valence-electron chi connectivity index (χ4n) is 3.16. The Kier molecular flexibility index (Phi) is 4.76. The minimum absolute atomic E-state index is 0.00415. The number of nitrogens with one attached hydrogen (secondary N) is 1. The maximum atomic E-state index is 12.4. The number of carbonyl (C=O) groups is 1. The van der Waals surface area contributed by atoms with Gasteiger partial charge in [0.2, 0.25) is 5.91 Å². The van der Waals surface area contributed by atoms with Gasteiger partial charge in [0.05, 0.1) is 12.4 Å². The lowest BCUT2D eigenvalue weighted by Gasteiger charge is -2.25. The van der Waals surface area contributed by atoms with Crippen molar-refractivity contribution < 1.29 is 9.90 Å². The molecule has 0 radical (unpaired) electrons. The predicted octanol–water partition coefficient (Wildman–Crippen LogP) is 2.07. The van der Waals surface area contributed by atoms with Crippen LogP contribution in [0.15, 0.2) is 42.9 Å². The Hall–Kier alpha value is -2.14. The van der Waals surface area contributed by atoms with E-state index in [1.54, 1.807) is 0 Å². The van der Waals surface area contributed by atoms with E-state index in [0.717, 1.165) is 30.6 Å². The van der Waals surface area contributed by atoms with Gasteiger partial charge in [-0.1, -0.05) is 30.3 Å². The van der Waals surface area contributed by atoms with Gasteiger partial charge in [0.15, 0.2) is 0 Å². The molecule has 2 aromatic rings. The Bertz CT molecular complexity index is 653. The summed E-state index contributed by atoms with van der Waals surface area (Å²) in [5.41, 5.74) is 2.00. The molecule has 23 heavy (non-hydrogen) atoms. The van der Waals surface area contributed by atoms with Gasteiger partial charge in [0.1, 0.15) is 0 Å². The highest BCUT2D eigenvalue weighted by atomic mass is 16.3. The first kappa shape index (κ1) is 15.7. The summed E-state index contributed by atoms with van der Waals surface area (Å²) >= 11 is 0. The molecule has 0 saturated heterocycles. The number of rotatable bonds is 5. The summed E-state index contributed by atoms with van der Waals surface area (Å²) in [5.74, 6) is 0.0701. The van der Waals surface area contributed by atoms with Crippen LogP contribution in [0.2, 0.25) is 0 Å². The lowest BCUT2D eigenvalue weighted by molar-refractivity contribution is -0.126. The van der Waals surface area contributed by atoms with Gasteiger partial charge in [-0.05, 0) is 25.3 Å². The number of hydrogen-bond acceptors (Lipinski definition) is 3. The molecule has 0 bridgehead atoms. The van der Waals surface area contributed by atoms with Crippen molar-refractivity contribution in [3.63, 3.8) is 0 Å². The first-order valence-corrected chi connectivity index (χ1v) is 8.16. The van der Waals surface area contributed by atoms with Gasteiger partial charge in [-0.25, -0.2) is 4.98 Å². The maximum Gasteiger partial charge on any atom is 0.223 e. The smallest absolute Gasteiger partial charge is 0.223 e. The molecule has 122 valence electrons. The quantitative estimate of drug-likeness (QED) is 0.888. The van der Waals surface area contributed by atoms with E-state index in [1.165, 1.54) is 0 Å². The standard InChI is InChI=1S/C18H23N3O2/c1-13(9-17(22)14-5-3-2-4-6-14)20-18(23)15-7-8-21-12-19-11-16(21)10-15/h2-6,11-13,15,17,22H,7-10H2,1H3,(H,20,23). The highest BCUT2D eigenvalue weighted by Crippen LogP contribution is 2.21. The monoisotopic (exact) mass is 313 g/mol. The summed E-state index contributed by atoms with van der Waals surface area (Å²) in [4.78, 5) is 16.6. The zero-order chi connectivity index (χ0) is 16.2. The molecular weight excluding hydrogens is 290 g/mol. The van der Waals surface area contributed by atoms with Crippen LogP contribution in [0.4, 0.5) is 0 Å². The molecule has 3 rings (SSSR count). The summed E-state index contributed by atoms with van der Waals surface area (Å²) in [6, 6.07) is 9.49. The highest BCUT2D eigenvalue weighted by molar-refractivity contribution is 5.79. The molecule has 0 spiro atoms. The largest absolute Gasteiger partial charge is 0.388 e. The van der Waals surface area contributed by atoms with Crippen LogP contribution in [0.3, 0.4) is 0 Å². The molecule has 0 saturated carbocycles. The molecule has 1 aromatic carbocycles. The van der Waals surface area contributed by atoms with Crippen molar-refractivity contribution in [3.05, 3.63) is 54.1 Å². The highest BCUT2D eigenvalue weighted by Gasteiger charge is 2.26. The molecule has 2 N–H and O–H groups in total. The SMILES string of the molecule is CC(CC(O)c1ccccc1)NC(=O)C1CCn2cncc2C1. The molecule has 0 fully saturated rings. The van der Waals surface area contributed by atoms with Crippen LogP contribution in [-0.2, 0) is 17.8 Å². The zero-order valence-electron chi connectivity index (χ0n) is 13.4. The number of aliphatic hydroxyl groups excluding tert-OH is 1. The van der Waals surface area contributed by atoms with Crippen LogP contribution in [0, 0.1) is 5.92 Å². The molecule has 2 heterocycles. The van der Waals surface area contributed by atoms with Crippen molar-refractivity contribution in [2.24, 2.45) is 5.92 Å². The van der Waals surface area contributed by atoms with E-state index in [0.29, 0.717) is 6.42 Å². The number of hydrogen-bond donors (Lipinski definition) is 2. The maximum absolute atomic E-state index is 12.4. The third kappa shape index (κ3) is 3.79. The van der Waals surface area contributed by atoms with Crippen molar-refractivity contribution in [3.8, 4) is 0 Å². The molecule has 1 aliphatic heterocycles. The fraction of sp³-hybridized carbons (Fsp3) is 0.444. The van der Waals surface area contributed by atoms with Crippen molar-refractivity contribution in [2.45, 2.75) is 44.9 Å². The molecule has 5 nitrogen and oxygen atoms in total. The fourth-order valence-corrected chi connectivity index (χ4v) is 3.16. The Morgan fingerprint density at radius 1 is 1.43 bits per heavy atom. The Morgan fingerprint density at radius 2 is 2.22 bits per heavy atom. The molecule has 1 aromatic heterocycles. The molecule has 3 unspecified atom stereocenters. The van der Waals surface area contributed by atoms with Crippen LogP contribution in [0.5, 0.6) is 0 Å². The van der Waals surface area contributed by atoms with Gasteiger partial charge in [-0.15, -0.1) is 0 Å². The van der Waals surface area contributed by atoms with E-state index in [-0.39, 0.29) is 17.9 Å². The second kappa shape index (κ2) is 6.96. The number of amides is 1. The first-order chi connectivity index (χ1) is 11.1. The lowest BCUT2D eigenvalue weighted by atomic mass is 9.94. The van der Waals surface area contributed by atoms with E-state index in [2.05, 4.69) is 14.9 Å². The van der Waals surface area contributed by atoms with Crippen molar-refractivity contribution in [1.29, 1.82) is 0 Å². The number of imidazole rings is 1. The second-order valence-corrected chi connectivity index (χ2v) is 6.34. The number of carbonyl (C=O) groups excluding carboxylic acids is 1. The molecular formula is C18H23N3O2. The van der Waals surface area contributed by atoms with Crippen LogP contribution >= 0.6 is 0 Å². The van der Waals surface area contributed by atoms with E-state index >= 15 is 0 Å². The molecule has 5 heteroatoms. The number of aryl methyl sites for hydroxylation is 1. The number of aromatic nitrogens is 2. The normalized spacial score (nSPS) is 19.7. The van der Waals surface area contributed by atoms with Gasteiger partial charge in [-0.3, -0.25) is 4.79 Å². The van der Waals surface area contributed by atoms with Gasteiger partial charge >= 0.3 is 0 Å². The van der Waals surface area contributed by atoms with Crippen molar-refractivity contribution in [2.75, 3.05) is 0 Å². The lowest BCUT2D eigenvalue weighted by Crippen LogP contribution is -2.40. The van der Waals surface area contributed by atoms with E-state index in [9.17, 15) is 9.90 Å². The summed E-state index contributed by atoms with van der Waals surface area (Å²) in [6.07, 6.45) is 5.19. The van der Waals surface area contributed by atoms with Crippen LogP contribution in [0.1, 0.15) is 37.1 Å². The van der Waals surface area contributed by atoms with Crippen molar-refractivity contribution >= 4 is 5.91 Å². The number of nitrogens with zero attached hydrogens (tertiary/aromatic N) is 2. The number of benzene rings is 1. The third-order valence-electron chi connectivity index (χ3n) is 4.49. The number of fused-ring (bicyclic) bond motifs is 1. The molecule has 0 aliphatic carbocycles. The molecule has 3 atom stereocenters. The average molecular weight is 313 g/mol. The third-order valence-corrected chi connectivity index (χ3v) is 4.49. The Labute approximate surface area is 136 Å². The summed E-state index contributed by atoms with van der Waals surface area (Å²) in [5, 5.41) is 13.3. The van der Waals surface area contributed by atoms with Gasteiger partial charge < -0.3 is 15.0 Å². The summed E-state index contributed by atoms with van der Waals surface area (Å²) in [7, 11) is 0. The van der Waals surface area contributed by atoms with E-state index in [4.69, 9.17) is 0 Å². The number of aliphatic hydroxyl groups is 1. The summed E-state index contributed by atoms with van der Waals surface area (Å²) < 4.78 is 2.10. The molecule has 1 aliphatic rings. The molecule has 1 amide bonds.